The second kappa shape index (κ2) is 6.58. The Morgan fingerprint density at radius 3 is 2.64 bits per heavy atom. The molecule has 2 atom stereocenters. The maximum atomic E-state index is 9.13. The minimum absolute atomic E-state index is 0.182. The minimum Gasteiger partial charge on any atom is -0.391 e. The van der Waals surface area contributed by atoms with Crippen molar-refractivity contribution >= 4 is 0 Å². The Hall–Kier alpha value is -0.120. The molecule has 3 nitrogen and oxygen atoms in total. The number of aliphatic hydroxyl groups excluding tert-OH is 1. The highest BCUT2D eigenvalue weighted by atomic mass is 16.5. The second-order valence-electron chi connectivity index (χ2n) is 2.76. The summed E-state index contributed by atoms with van der Waals surface area (Å²) in [6.45, 7) is 5.20. The number of aliphatic hydroxyl groups is 1. The van der Waals surface area contributed by atoms with Crippen LogP contribution in [-0.2, 0) is 4.74 Å². The van der Waals surface area contributed by atoms with E-state index in [9.17, 15) is 0 Å². The average molecular weight is 161 g/mol. The van der Waals surface area contributed by atoms with Crippen LogP contribution in [0.2, 0.25) is 0 Å². The van der Waals surface area contributed by atoms with Crippen LogP contribution >= 0.6 is 0 Å². The number of nitrogens with one attached hydrogen (secondary N) is 1. The van der Waals surface area contributed by atoms with Crippen molar-refractivity contribution in [2.24, 2.45) is 0 Å². The molecular formula is C8H19NO2. The van der Waals surface area contributed by atoms with E-state index in [0.29, 0.717) is 6.61 Å². The summed E-state index contributed by atoms with van der Waals surface area (Å²) in [5.74, 6) is 0. The van der Waals surface area contributed by atoms with E-state index in [2.05, 4.69) is 5.32 Å². The fourth-order valence-electron chi connectivity index (χ4n) is 0.740. The highest BCUT2D eigenvalue weighted by Crippen LogP contribution is 1.94. The molecule has 0 aliphatic carbocycles. The van der Waals surface area contributed by atoms with E-state index in [-0.39, 0.29) is 12.2 Å². The van der Waals surface area contributed by atoms with Crippen molar-refractivity contribution < 1.29 is 9.84 Å². The summed E-state index contributed by atoms with van der Waals surface area (Å²) in [5.41, 5.74) is 0. The van der Waals surface area contributed by atoms with Gasteiger partial charge in [-0.3, -0.25) is 0 Å². The lowest BCUT2D eigenvalue weighted by molar-refractivity contribution is -0.00145. The second-order valence-corrected chi connectivity index (χ2v) is 2.76. The Kier molecular flexibility index (Phi) is 6.51. The van der Waals surface area contributed by atoms with Gasteiger partial charge in [-0.15, -0.1) is 0 Å². The molecule has 0 spiro atoms. The predicted octanol–water partition coefficient (Wildman–Crippen LogP) is 0.382. The van der Waals surface area contributed by atoms with Crippen LogP contribution in [0.25, 0.3) is 0 Å². The van der Waals surface area contributed by atoms with Crippen LogP contribution in [0, 0.1) is 0 Å². The zero-order valence-corrected chi connectivity index (χ0v) is 7.63. The Morgan fingerprint density at radius 2 is 2.18 bits per heavy atom. The van der Waals surface area contributed by atoms with Gasteiger partial charge in [0.25, 0.3) is 0 Å². The summed E-state index contributed by atoms with van der Waals surface area (Å²) in [5, 5.41) is 12.1. The van der Waals surface area contributed by atoms with Gasteiger partial charge in [0, 0.05) is 6.54 Å². The summed E-state index contributed by atoms with van der Waals surface area (Å²) in [7, 11) is 1.89. The molecule has 0 fully saturated rings. The molecule has 0 aliphatic heterocycles. The molecule has 0 saturated heterocycles. The largest absolute Gasteiger partial charge is 0.391 e. The number of hydrogen-bond acceptors (Lipinski definition) is 3. The molecule has 3 heteroatoms. The molecule has 0 aromatic heterocycles. The van der Waals surface area contributed by atoms with Crippen molar-refractivity contribution in [3.63, 3.8) is 0 Å². The molecule has 0 aliphatic rings. The van der Waals surface area contributed by atoms with Gasteiger partial charge < -0.3 is 15.2 Å². The molecule has 0 saturated carbocycles. The van der Waals surface area contributed by atoms with E-state index in [1.807, 2.05) is 20.9 Å². The summed E-state index contributed by atoms with van der Waals surface area (Å²) >= 11 is 0. The summed E-state index contributed by atoms with van der Waals surface area (Å²) in [6.07, 6.45) is 0.627. The molecule has 0 aromatic carbocycles. The SMILES string of the molecule is CCC(O)COC(C)CNC. The Bertz CT molecular complexity index is 88.2. The Labute approximate surface area is 68.8 Å². The van der Waals surface area contributed by atoms with Gasteiger partial charge in [0.1, 0.15) is 0 Å². The molecule has 68 valence electrons. The molecule has 0 rings (SSSR count). The maximum Gasteiger partial charge on any atom is 0.0771 e. The van der Waals surface area contributed by atoms with Gasteiger partial charge in [-0.1, -0.05) is 6.92 Å². The lowest BCUT2D eigenvalue weighted by atomic mass is 10.3. The smallest absolute Gasteiger partial charge is 0.0771 e. The normalized spacial score (nSPS) is 16.4. The molecular weight excluding hydrogens is 142 g/mol. The average Bonchev–Trinajstić information content (AvgIpc) is 2.01. The Morgan fingerprint density at radius 1 is 1.55 bits per heavy atom. The number of likely N-dealkylation sites (N-methyl/N-ethyl adjacent to an activating group) is 1. The fourth-order valence-corrected chi connectivity index (χ4v) is 0.740. The van der Waals surface area contributed by atoms with Crippen LogP contribution in [0.15, 0.2) is 0 Å². The zero-order valence-electron chi connectivity index (χ0n) is 7.63. The molecule has 0 heterocycles. The molecule has 0 amide bonds. The molecule has 2 N–H and O–H groups in total. The maximum absolute atomic E-state index is 9.13. The van der Waals surface area contributed by atoms with Gasteiger partial charge in [0.05, 0.1) is 18.8 Å². The van der Waals surface area contributed by atoms with Crippen molar-refractivity contribution in [2.45, 2.75) is 32.5 Å². The van der Waals surface area contributed by atoms with Crippen molar-refractivity contribution in [1.29, 1.82) is 0 Å². The third-order valence-electron chi connectivity index (χ3n) is 1.54. The van der Waals surface area contributed by atoms with Crippen LogP contribution < -0.4 is 5.32 Å². The highest BCUT2D eigenvalue weighted by Gasteiger charge is 2.04. The number of hydrogen-bond donors (Lipinski definition) is 2. The topological polar surface area (TPSA) is 41.5 Å². The molecule has 0 aromatic rings. The monoisotopic (exact) mass is 161 g/mol. The number of rotatable bonds is 6. The van der Waals surface area contributed by atoms with Crippen LogP contribution in [0.4, 0.5) is 0 Å². The fraction of sp³-hybridized carbons (Fsp3) is 1.00. The summed E-state index contributed by atoms with van der Waals surface area (Å²) < 4.78 is 5.32. The predicted molar refractivity (Wildman–Crippen MR) is 45.6 cm³/mol. The van der Waals surface area contributed by atoms with Gasteiger partial charge in [-0.2, -0.15) is 0 Å². The highest BCUT2D eigenvalue weighted by molar-refractivity contribution is 4.55. The van der Waals surface area contributed by atoms with Crippen LogP contribution in [0.5, 0.6) is 0 Å². The lowest BCUT2D eigenvalue weighted by Gasteiger charge is -2.14. The summed E-state index contributed by atoms with van der Waals surface area (Å²) in [6, 6.07) is 0. The lowest BCUT2D eigenvalue weighted by Crippen LogP contribution is -2.27. The van der Waals surface area contributed by atoms with Gasteiger partial charge >= 0.3 is 0 Å². The minimum atomic E-state index is -0.311. The van der Waals surface area contributed by atoms with E-state index in [0.717, 1.165) is 13.0 Å². The van der Waals surface area contributed by atoms with Crippen molar-refractivity contribution in [3.8, 4) is 0 Å². The third kappa shape index (κ3) is 6.28. The van der Waals surface area contributed by atoms with E-state index in [1.54, 1.807) is 0 Å². The van der Waals surface area contributed by atoms with E-state index in [4.69, 9.17) is 9.84 Å². The molecule has 0 radical (unpaired) electrons. The summed E-state index contributed by atoms with van der Waals surface area (Å²) in [4.78, 5) is 0. The first-order valence-corrected chi connectivity index (χ1v) is 4.15. The molecule has 11 heavy (non-hydrogen) atoms. The van der Waals surface area contributed by atoms with E-state index < -0.39 is 0 Å². The first kappa shape index (κ1) is 10.9. The van der Waals surface area contributed by atoms with E-state index in [1.165, 1.54) is 0 Å². The number of ether oxygens (including phenoxy) is 1. The zero-order chi connectivity index (χ0) is 8.69. The molecule has 2 unspecified atom stereocenters. The van der Waals surface area contributed by atoms with Crippen molar-refractivity contribution in [1.82, 2.24) is 5.32 Å². The van der Waals surface area contributed by atoms with Gasteiger partial charge in [-0.25, -0.2) is 0 Å². The molecule has 0 bridgehead atoms. The first-order chi connectivity index (χ1) is 5.20. The third-order valence-corrected chi connectivity index (χ3v) is 1.54. The van der Waals surface area contributed by atoms with Crippen LogP contribution in [0.3, 0.4) is 0 Å². The van der Waals surface area contributed by atoms with Crippen molar-refractivity contribution in [3.05, 3.63) is 0 Å². The van der Waals surface area contributed by atoms with Crippen molar-refractivity contribution in [2.75, 3.05) is 20.2 Å². The van der Waals surface area contributed by atoms with Gasteiger partial charge in [0.15, 0.2) is 0 Å². The van der Waals surface area contributed by atoms with Gasteiger partial charge in [-0.05, 0) is 20.4 Å². The first-order valence-electron chi connectivity index (χ1n) is 4.15. The van der Waals surface area contributed by atoms with E-state index >= 15 is 0 Å². The standard InChI is InChI=1S/C8H19NO2/c1-4-8(10)6-11-7(2)5-9-3/h7-10H,4-6H2,1-3H3. The van der Waals surface area contributed by atoms with Gasteiger partial charge in [0.2, 0.25) is 0 Å². The quantitative estimate of drug-likeness (QED) is 0.592. The van der Waals surface area contributed by atoms with Crippen LogP contribution in [-0.4, -0.2) is 37.5 Å². The Balaban J connectivity index is 3.22. The van der Waals surface area contributed by atoms with Crippen LogP contribution in [0.1, 0.15) is 20.3 Å².